The summed E-state index contributed by atoms with van der Waals surface area (Å²) in [5.41, 5.74) is 0.788. The van der Waals surface area contributed by atoms with Gasteiger partial charge in [-0.2, -0.15) is 0 Å². The zero-order chi connectivity index (χ0) is 19.5. The molecule has 1 aromatic rings. The van der Waals surface area contributed by atoms with Crippen molar-refractivity contribution in [2.24, 2.45) is 11.8 Å². The first-order valence-corrected chi connectivity index (χ1v) is 11.1. The number of benzene rings is 1. The highest BCUT2D eigenvalue weighted by Gasteiger charge is 2.38. The lowest BCUT2D eigenvalue weighted by molar-refractivity contribution is -0.140. The van der Waals surface area contributed by atoms with Gasteiger partial charge in [-0.05, 0) is 55.9 Å². The molecule has 2 aliphatic carbocycles. The van der Waals surface area contributed by atoms with Gasteiger partial charge in [0.15, 0.2) is 0 Å². The number of piperazine rings is 1. The molecule has 3 fully saturated rings. The average molecular weight is 404 g/mol. The van der Waals surface area contributed by atoms with Crippen molar-refractivity contribution in [1.29, 1.82) is 0 Å². The Labute approximate surface area is 172 Å². The van der Waals surface area contributed by atoms with Crippen LogP contribution in [0.3, 0.4) is 0 Å². The van der Waals surface area contributed by atoms with E-state index in [-0.39, 0.29) is 17.9 Å². The first kappa shape index (κ1) is 19.7. The van der Waals surface area contributed by atoms with Gasteiger partial charge in [0, 0.05) is 42.8 Å². The van der Waals surface area contributed by atoms with Gasteiger partial charge < -0.3 is 10.2 Å². The average Bonchev–Trinajstić information content (AvgIpc) is 3.17. The van der Waals surface area contributed by atoms with Crippen molar-refractivity contribution < 1.29 is 9.59 Å². The molecule has 2 saturated carbocycles. The van der Waals surface area contributed by atoms with Crippen LogP contribution in [0.4, 0.5) is 5.69 Å². The van der Waals surface area contributed by atoms with Crippen LogP contribution in [0, 0.1) is 11.8 Å². The fourth-order valence-corrected chi connectivity index (χ4v) is 4.96. The lowest BCUT2D eigenvalue weighted by atomic mass is 9.84. The third-order valence-corrected chi connectivity index (χ3v) is 6.95. The minimum atomic E-state index is -0.112. The summed E-state index contributed by atoms with van der Waals surface area (Å²) in [6, 6.07) is 7.18. The zero-order valence-corrected chi connectivity index (χ0v) is 17.2. The minimum absolute atomic E-state index is 0.0768. The standard InChI is InChI=1S/C22H30ClN3O2/c23-18-8-10-19(11-9-18)24-21(27)20(16-4-1-2-5-16)25-12-14-26(15-13-25)22(28)17-6-3-7-17/h8-11,16-17,20H,1-7,12-15H2,(H,24,27). The number of nitrogens with zero attached hydrogens (tertiary/aromatic N) is 2. The van der Waals surface area contributed by atoms with E-state index in [9.17, 15) is 9.59 Å². The normalized spacial score (nSPS) is 22.7. The van der Waals surface area contributed by atoms with E-state index in [1.807, 2.05) is 17.0 Å². The molecule has 1 aromatic carbocycles. The molecule has 1 saturated heterocycles. The van der Waals surface area contributed by atoms with E-state index in [0.29, 0.717) is 16.8 Å². The Hall–Kier alpha value is -1.59. The fraction of sp³-hybridized carbons (Fsp3) is 0.636. The molecule has 2 amide bonds. The maximum Gasteiger partial charge on any atom is 0.242 e. The van der Waals surface area contributed by atoms with Crippen LogP contribution in [-0.4, -0.2) is 53.8 Å². The van der Waals surface area contributed by atoms with Crippen LogP contribution in [0.2, 0.25) is 5.02 Å². The fourth-order valence-electron chi connectivity index (χ4n) is 4.83. The third kappa shape index (κ3) is 4.36. The summed E-state index contributed by atoms with van der Waals surface area (Å²) in [6.07, 6.45) is 7.91. The molecule has 1 atom stereocenters. The van der Waals surface area contributed by atoms with Gasteiger partial charge in [-0.15, -0.1) is 0 Å². The van der Waals surface area contributed by atoms with E-state index in [1.165, 1.54) is 19.3 Å². The molecule has 1 heterocycles. The SMILES string of the molecule is O=C(Nc1ccc(Cl)cc1)C(C1CCCC1)N1CCN(C(=O)C2CCC2)CC1. The summed E-state index contributed by atoms with van der Waals surface area (Å²) in [5.74, 6) is 1.06. The molecule has 152 valence electrons. The van der Waals surface area contributed by atoms with Gasteiger partial charge in [-0.1, -0.05) is 30.9 Å². The van der Waals surface area contributed by atoms with E-state index < -0.39 is 0 Å². The number of hydrogen-bond donors (Lipinski definition) is 1. The maximum absolute atomic E-state index is 13.2. The van der Waals surface area contributed by atoms with Gasteiger partial charge >= 0.3 is 0 Å². The number of nitrogens with one attached hydrogen (secondary N) is 1. The number of anilines is 1. The van der Waals surface area contributed by atoms with Gasteiger partial charge in [0.25, 0.3) is 0 Å². The van der Waals surface area contributed by atoms with E-state index in [4.69, 9.17) is 11.6 Å². The van der Waals surface area contributed by atoms with E-state index in [0.717, 1.165) is 57.5 Å². The highest BCUT2D eigenvalue weighted by atomic mass is 35.5. The molecular weight excluding hydrogens is 374 g/mol. The minimum Gasteiger partial charge on any atom is -0.340 e. The van der Waals surface area contributed by atoms with Gasteiger partial charge in [0.2, 0.25) is 11.8 Å². The molecule has 3 aliphatic rings. The Kier molecular flexibility index (Phi) is 6.22. The smallest absolute Gasteiger partial charge is 0.242 e. The second-order valence-electron chi connectivity index (χ2n) is 8.47. The number of rotatable bonds is 5. The quantitative estimate of drug-likeness (QED) is 0.813. The molecule has 28 heavy (non-hydrogen) atoms. The molecule has 0 bridgehead atoms. The Morgan fingerprint density at radius 3 is 2.14 bits per heavy atom. The number of hydrogen-bond acceptors (Lipinski definition) is 3. The second kappa shape index (κ2) is 8.83. The number of halogens is 1. The molecule has 1 aliphatic heterocycles. The molecule has 6 heteroatoms. The summed E-state index contributed by atoms with van der Waals surface area (Å²) >= 11 is 5.96. The summed E-state index contributed by atoms with van der Waals surface area (Å²) in [7, 11) is 0. The van der Waals surface area contributed by atoms with Crippen molar-refractivity contribution in [2.75, 3.05) is 31.5 Å². The molecular formula is C22H30ClN3O2. The van der Waals surface area contributed by atoms with Gasteiger partial charge in [0.1, 0.15) is 0 Å². The third-order valence-electron chi connectivity index (χ3n) is 6.70. The Morgan fingerprint density at radius 2 is 1.57 bits per heavy atom. The van der Waals surface area contributed by atoms with Crippen LogP contribution in [0.15, 0.2) is 24.3 Å². The first-order valence-electron chi connectivity index (χ1n) is 10.7. The summed E-state index contributed by atoms with van der Waals surface area (Å²) in [4.78, 5) is 30.1. The molecule has 5 nitrogen and oxygen atoms in total. The summed E-state index contributed by atoms with van der Waals surface area (Å²) in [6.45, 7) is 3.06. The van der Waals surface area contributed by atoms with Crippen molar-refractivity contribution in [3.8, 4) is 0 Å². The lowest BCUT2D eigenvalue weighted by Crippen LogP contribution is -2.57. The predicted molar refractivity (Wildman–Crippen MR) is 111 cm³/mol. The molecule has 0 radical (unpaired) electrons. The monoisotopic (exact) mass is 403 g/mol. The van der Waals surface area contributed by atoms with E-state index >= 15 is 0 Å². The highest BCUT2D eigenvalue weighted by molar-refractivity contribution is 6.30. The Morgan fingerprint density at radius 1 is 0.929 bits per heavy atom. The van der Waals surface area contributed by atoms with Crippen LogP contribution >= 0.6 is 11.6 Å². The van der Waals surface area contributed by atoms with Crippen molar-refractivity contribution in [3.05, 3.63) is 29.3 Å². The van der Waals surface area contributed by atoms with Crippen molar-refractivity contribution in [1.82, 2.24) is 9.80 Å². The van der Waals surface area contributed by atoms with Crippen molar-refractivity contribution >= 4 is 29.1 Å². The topological polar surface area (TPSA) is 52.7 Å². The number of amides is 2. The van der Waals surface area contributed by atoms with Gasteiger partial charge in [-0.25, -0.2) is 0 Å². The van der Waals surface area contributed by atoms with E-state index in [2.05, 4.69) is 10.2 Å². The predicted octanol–water partition coefficient (Wildman–Crippen LogP) is 3.78. The molecule has 4 rings (SSSR count). The van der Waals surface area contributed by atoms with Crippen molar-refractivity contribution in [3.63, 3.8) is 0 Å². The number of carbonyl (C=O) groups excluding carboxylic acids is 2. The van der Waals surface area contributed by atoms with Crippen LogP contribution in [-0.2, 0) is 9.59 Å². The Bertz CT molecular complexity index is 690. The lowest BCUT2D eigenvalue weighted by Gasteiger charge is -2.42. The van der Waals surface area contributed by atoms with Crippen LogP contribution in [0.25, 0.3) is 0 Å². The van der Waals surface area contributed by atoms with Crippen LogP contribution in [0.5, 0.6) is 0 Å². The molecule has 1 N–H and O–H groups in total. The second-order valence-corrected chi connectivity index (χ2v) is 8.91. The van der Waals surface area contributed by atoms with Gasteiger partial charge in [0.05, 0.1) is 6.04 Å². The van der Waals surface area contributed by atoms with Crippen molar-refractivity contribution in [2.45, 2.75) is 51.0 Å². The van der Waals surface area contributed by atoms with E-state index in [1.54, 1.807) is 12.1 Å². The largest absolute Gasteiger partial charge is 0.340 e. The zero-order valence-electron chi connectivity index (χ0n) is 16.4. The number of carbonyl (C=O) groups is 2. The summed E-state index contributed by atoms with van der Waals surface area (Å²) in [5, 5.41) is 3.76. The maximum atomic E-state index is 13.2. The van der Waals surface area contributed by atoms with Crippen LogP contribution < -0.4 is 5.32 Å². The van der Waals surface area contributed by atoms with Gasteiger partial charge in [-0.3, -0.25) is 14.5 Å². The first-order chi connectivity index (χ1) is 13.6. The summed E-state index contributed by atoms with van der Waals surface area (Å²) < 4.78 is 0. The molecule has 0 aromatic heterocycles. The molecule has 0 spiro atoms. The highest BCUT2D eigenvalue weighted by Crippen LogP contribution is 2.33. The molecule has 1 unspecified atom stereocenters. The van der Waals surface area contributed by atoms with Crippen LogP contribution in [0.1, 0.15) is 44.9 Å². The Balaban J connectivity index is 1.40.